The van der Waals surface area contributed by atoms with Gasteiger partial charge in [-0.15, -0.1) is 0 Å². The van der Waals surface area contributed by atoms with E-state index >= 15 is 0 Å². The van der Waals surface area contributed by atoms with Gasteiger partial charge in [-0.3, -0.25) is 4.79 Å². The highest BCUT2D eigenvalue weighted by Crippen LogP contribution is 2.22. The summed E-state index contributed by atoms with van der Waals surface area (Å²) in [7, 11) is 0. The van der Waals surface area contributed by atoms with Crippen molar-refractivity contribution in [3.05, 3.63) is 77.6 Å². The van der Waals surface area contributed by atoms with Crippen molar-refractivity contribution in [3.8, 4) is 0 Å². The first-order valence-electron chi connectivity index (χ1n) is 8.41. The van der Waals surface area contributed by atoms with Crippen molar-refractivity contribution < 1.29 is 14.5 Å². The molecule has 1 amide bonds. The van der Waals surface area contributed by atoms with Gasteiger partial charge >= 0.3 is 0 Å². The lowest BCUT2D eigenvalue weighted by molar-refractivity contribution is -0.682. The fourth-order valence-corrected chi connectivity index (χ4v) is 2.94. The van der Waals surface area contributed by atoms with Crippen molar-refractivity contribution in [2.24, 2.45) is 0 Å². The molecule has 0 heterocycles. The summed E-state index contributed by atoms with van der Waals surface area (Å²) in [6, 6.07) is 19.3. The molecule has 0 spiro atoms. The maximum absolute atomic E-state index is 13.6. The van der Waals surface area contributed by atoms with Crippen LogP contribution in [-0.4, -0.2) is 12.5 Å². The molecular formula is C21H22FN2O+. The Balaban J connectivity index is 1.64. The second-order valence-electron chi connectivity index (χ2n) is 6.31. The second-order valence-corrected chi connectivity index (χ2v) is 6.31. The summed E-state index contributed by atoms with van der Waals surface area (Å²) < 4.78 is 13.6. The first-order chi connectivity index (χ1) is 12.0. The first kappa shape index (κ1) is 17.1. The molecule has 0 aliphatic rings. The Hall–Kier alpha value is -2.72. The van der Waals surface area contributed by atoms with Gasteiger partial charge in [-0.2, -0.15) is 0 Å². The van der Waals surface area contributed by atoms with E-state index in [1.54, 1.807) is 19.1 Å². The summed E-state index contributed by atoms with van der Waals surface area (Å²) in [5.74, 6) is -0.457. The van der Waals surface area contributed by atoms with E-state index in [0.717, 1.165) is 0 Å². The monoisotopic (exact) mass is 337 g/mol. The van der Waals surface area contributed by atoms with Crippen molar-refractivity contribution in [1.82, 2.24) is 0 Å². The summed E-state index contributed by atoms with van der Waals surface area (Å²) in [5, 5.41) is 7.13. The van der Waals surface area contributed by atoms with Gasteiger partial charge in [-0.1, -0.05) is 48.5 Å². The van der Waals surface area contributed by atoms with Crippen LogP contribution in [0.1, 0.15) is 24.1 Å². The molecule has 0 unspecified atom stereocenters. The van der Waals surface area contributed by atoms with Crippen LogP contribution in [0.25, 0.3) is 10.8 Å². The largest absolute Gasteiger partial charge is 0.332 e. The summed E-state index contributed by atoms with van der Waals surface area (Å²) in [4.78, 5) is 12.1. The van der Waals surface area contributed by atoms with Crippen LogP contribution in [0.3, 0.4) is 0 Å². The maximum Gasteiger partial charge on any atom is 0.279 e. The van der Waals surface area contributed by atoms with Crippen LogP contribution in [0, 0.1) is 12.7 Å². The third-order valence-corrected chi connectivity index (χ3v) is 4.43. The second kappa shape index (κ2) is 7.45. The van der Waals surface area contributed by atoms with Crippen molar-refractivity contribution in [1.29, 1.82) is 0 Å². The zero-order valence-corrected chi connectivity index (χ0v) is 14.4. The molecule has 3 aromatic carbocycles. The number of halogens is 1. The molecule has 0 radical (unpaired) electrons. The number of carbonyl (C=O) groups is 1. The Bertz CT molecular complexity index is 902. The predicted octanol–water partition coefficient (Wildman–Crippen LogP) is 3.55. The minimum atomic E-state index is -0.314. The molecule has 4 heteroatoms. The first-order valence-corrected chi connectivity index (χ1v) is 8.41. The van der Waals surface area contributed by atoms with Crippen LogP contribution >= 0.6 is 0 Å². The van der Waals surface area contributed by atoms with E-state index in [4.69, 9.17) is 0 Å². The van der Waals surface area contributed by atoms with E-state index in [1.165, 1.54) is 22.4 Å². The summed E-state index contributed by atoms with van der Waals surface area (Å²) in [5.41, 5.74) is 2.25. The molecule has 0 aromatic heterocycles. The van der Waals surface area contributed by atoms with Gasteiger partial charge in [0.05, 0.1) is 0 Å². The summed E-state index contributed by atoms with van der Waals surface area (Å²) >= 11 is 0. The van der Waals surface area contributed by atoms with Crippen LogP contribution in [0.15, 0.2) is 60.7 Å². The van der Waals surface area contributed by atoms with E-state index in [9.17, 15) is 9.18 Å². The van der Waals surface area contributed by atoms with Gasteiger partial charge in [0.25, 0.3) is 5.91 Å². The number of nitrogens with two attached hydrogens (primary N) is 1. The fourth-order valence-electron chi connectivity index (χ4n) is 2.94. The number of fused-ring (bicyclic) bond motifs is 1. The van der Waals surface area contributed by atoms with E-state index in [0.29, 0.717) is 11.3 Å². The zero-order chi connectivity index (χ0) is 17.8. The lowest BCUT2D eigenvalue weighted by atomic mass is 10.00. The van der Waals surface area contributed by atoms with Gasteiger partial charge in [0, 0.05) is 11.3 Å². The molecule has 0 saturated heterocycles. The minimum Gasteiger partial charge on any atom is -0.332 e. The highest BCUT2D eigenvalue weighted by molar-refractivity contribution is 5.91. The van der Waals surface area contributed by atoms with Gasteiger partial charge in [-0.25, -0.2) is 4.39 Å². The number of nitrogens with one attached hydrogen (secondary N) is 1. The Morgan fingerprint density at radius 2 is 1.88 bits per heavy atom. The van der Waals surface area contributed by atoms with Gasteiger partial charge in [0.1, 0.15) is 11.9 Å². The van der Waals surface area contributed by atoms with Crippen LogP contribution in [-0.2, 0) is 4.79 Å². The summed E-state index contributed by atoms with van der Waals surface area (Å²) in [6.07, 6.45) is 0. The van der Waals surface area contributed by atoms with Crippen molar-refractivity contribution in [2.75, 3.05) is 11.9 Å². The van der Waals surface area contributed by atoms with Gasteiger partial charge in [-0.05, 0) is 42.3 Å². The number of anilines is 1. The molecule has 3 rings (SSSR count). The number of quaternary nitrogens is 1. The zero-order valence-electron chi connectivity index (χ0n) is 14.4. The number of hydrogen-bond donors (Lipinski definition) is 2. The number of rotatable bonds is 5. The van der Waals surface area contributed by atoms with Crippen LogP contribution in [0.4, 0.5) is 10.1 Å². The topological polar surface area (TPSA) is 45.7 Å². The highest BCUT2D eigenvalue weighted by atomic mass is 19.1. The average molecular weight is 337 g/mol. The van der Waals surface area contributed by atoms with Gasteiger partial charge in [0.2, 0.25) is 0 Å². The highest BCUT2D eigenvalue weighted by Gasteiger charge is 2.14. The molecule has 0 saturated carbocycles. The molecule has 0 bridgehead atoms. The third-order valence-electron chi connectivity index (χ3n) is 4.43. The predicted molar refractivity (Wildman–Crippen MR) is 98.9 cm³/mol. The normalized spacial score (nSPS) is 12.1. The number of amides is 1. The number of hydrogen-bond acceptors (Lipinski definition) is 1. The molecule has 0 fully saturated rings. The quantitative estimate of drug-likeness (QED) is 0.735. The van der Waals surface area contributed by atoms with Gasteiger partial charge < -0.3 is 10.6 Å². The smallest absolute Gasteiger partial charge is 0.279 e. The number of carbonyl (C=O) groups excluding carboxylic acids is 1. The van der Waals surface area contributed by atoms with E-state index in [2.05, 4.69) is 36.5 Å². The molecule has 128 valence electrons. The van der Waals surface area contributed by atoms with E-state index in [1.807, 2.05) is 23.5 Å². The molecular weight excluding hydrogens is 315 g/mol. The molecule has 25 heavy (non-hydrogen) atoms. The lowest BCUT2D eigenvalue weighted by Crippen LogP contribution is -2.86. The van der Waals surface area contributed by atoms with Crippen molar-refractivity contribution >= 4 is 22.4 Å². The standard InChI is InChI=1S/C21H21FN2O/c1-14-10-11-17(12-20(14)22)24-21(25)13-23-15(2)18-9-5-7-16-6-3-4-8-19(16)18/h3-12,15,23H,13H2,1-2H3,(H,24,25)/p+1/t15-/m0/s1. The molecule has 3 nitrogen and oxygen atoms in total. The SMILES string of the molecule is Cc1ccc(NC(=O)C[NH2+][C@@H](C)c2cccc3ccccc23)cc1F. The Labute approximate surface area is 146 Å². The van der Waals surface area contributed by atoms with Crippen molar-refractivity contribution in [2.45, 2.75) is 19.9 Å². The van der Waals surface area contributed by atoms with Crippen LogP contribution in [0.5, 0.6) is 0 Å². The van der Waals surface area contributed by atoms with E-state index < -0.39 is 0 Å². The molecule has 3 N–H and O–H groups in total. The lowest BCUT2D eigenvalue weighted by Gasteiger charge is -2.14. The number of aryl methyl sites for hydroxylation is 1. The van der Waals surface area contributed by atoms with Crippen LogP contribution < -0.4 is 10.6 Å². The third kappa shape index (κ3) is 4.03. The Morgan fingerprint density at radius 1 is 1.12 bits per heavy atom. The van der Waals surface area contributed by atoms with Crippen molar-refractivity contribution in [3.63, 3.8) is 0 Å². The Kier molecular flexibility index (Phi) is 5.10. The number of benzene rings is 3. The molecule has 3 aromatic rings. The van der Waals surface area contributed by atoms with Gasteiger partial charge in [0.15, 0.2) is 6.54 Å². The fraction of sp³-hybridized carbons (Fsp3) is 0.190. The maximum atomic E-state index is 13.6. The molecule has 0 aliphatic carbocycles. The summed E-state index contributed by atoms with van der Waals surface area (Å²) in [6.45, 7) is 4.06. The average Bonchev–Trinajstić information content (AvgIpc) is 2.62. The van der Waals surface area contributed by atoms with E-state index in [-0.39, 0.29) is 24.3 Å². The van der Waals surface area contributed by atoms with Crippen LogP contribution in [0.2, 0.25) is 0 Å². The molecule has 1 atom stereocenters. The molecule has 0 aliphatic heterocycles. The minimum absolute atomic E-state index is 0.143. The Morgan fingerprint density at radius 3 is 2.68 bits per heavy atom.